The van der Waals surface area contributed by atoms with E-state index in [4.69, 9.17) is 4.74 Å². The van der Waals surface area contributed by atoms with E-state index >= 15 is 0 Å². The van der Waals surface area contributed by atoms with Gasteiger partial charge in [-0.2, -0.15) is 5.10 Å². The van der Waals surface area contributed by atoms with Crippen LogP contribution in [0.25, 0.3) is 0 Å². The van der Waals surface area contributed by atoms with Gasteiger partial charge in [-0.05, 0) is 19.4 Å². The first-order valence-corrected chi connectivity index (χ1v) is 6.18. The number of ether oxygens (including phenoxy) is 1. The highest BCUT2D eigenvalue weighted by Crippen LogP contribution is 2.14. The second-order valence-corrected chi connectivity index (χ2v) is 4.48. The fourth-order valence-corrected chi connectivity index (χ4v) is 2.00. The molecule has 2 heterocycles. The van der Waals surface area contributed by atoms with Crippen molar-refractivity contribution in [3.63, 3.8) is 0 Å². The van der Waals surface area contributed by atoms with E-state index < -0.39 is 0 Å². The molecule has 2 rings (SSSR count). The van der Waals surface area contributed by atoms with Crippen molar-refractivity contribution in [1.82, 2.24) is 15.1 Å². The molecule has 1 aliphatic heterocycles. The van der Waals surface area contributed by atoms with Crippen LogP contribution >= 0.6 is 0 Å². The molecule has 0 bridgehead atoms. The summed E-state index contributed by atoms with van der Waals surface area (Å²) in [7, 11) is 0. The van der Waals surface area contributed by atoms with Crippen LogP contribution in [-0.2, 0) is 17.8 Å². The number of hydrogen-bond donors (Lipinski definition) is 1. The molecule has 0 radical (unpaired) electrons. The van der Waals surface area contributed by atoms with Gasteiger partial charge in [-0.1, -0.05) is 6.92 Å². The summed E-state index contributed by atoms with van der Waals surface area (Å²) in [5, 5.41) is 7.76. The molecule has 1 aromatic rings. The summed E-state index contributed by atoms with van der Waals surface area (Å²) < 4.78 is 7.41. The molecule has 1 N–H and O–H groups in total. The van der Waals surface area contributed by atoms with Crippen molar-refractivity contribution in [2.75, 3.05) is 19.8 Å². The maximum absolute atomic E-state index is 5.36. The van der Waals surface area contributed by atoms with E-state index in [0.717, 1.165) is 32.8 Å². The van der Waals surface area contributed by atoms with Crippen LogP contribution in [0.1, 0.15) is 25.3 Å². The Balaban J connectivity index is 1.77. The van der Waals surface area contributed by atoms with E-state index in [9.17, 15) is 0 Å². The Kier molecular flexibility index (Phi) is 4.36. The fraction of sp³-hybridized carbons (Fsp3) is 0.750. The van der Waals surface area contributed by atoms with Crippen molar-refractivity contribution in [2.45, 2.75) is 32.9 Å². The van der Waals surface area contributed by atoms with Gasteiger partial charge in [0, 0.05) is 37.4 Å². The molecule has 4 nitrogen and oxygen atoms in total. The van der Waals surface area contributed by atoms with E-state index in [0.29, 0.717) is 5.92 Å². The van der Waals surface area contributed by atoms with Gasteiger partial charge in [-0.3, -0.25) is 4.68 Å². The van der Waals surface area contributed by atoms with Crippen molar-refractivity contribution >= 4 is 0 Å². The van der Waals surface area contributed by atoms with Gasteiger partial charge in [0.15, 0.2) is 0 Å². The predicted octanol–water partition coefficient (Wildman–Crippen LogP) is 1.42. The maximum atomic E-state index is 5.36. The molecule has 4 heteroatoms. The highest BCUT2D eigenvalue weighted by atomic mass is 16.5. The van der Waals surface area contributed by atoms with Crippen LogP contribution in [0.5, 0.6) is 0 Å². The van der Waals surface area contributed by atoms with Gasteiger partial charge in [-0.25, -0.2) is 0 Å². The molecule has 0 saturated carbocycles. The van der Waals surface area contributed by atoms with Crippen LogP contribution in [0.3, 0.4) is 0 Å². The SMILES string of the molecule is CCCNCc1cnn(CC2CCOC2)c1. The molecule has 16 heavy (non-hydrogen) atoms. The Morgan fingerprint density at radius 1 is 1.62 bits per heavy atom. The third kappa shape index (κ3) is 3.32. The van der Waals surface area contributed by atoms with E-state index in [1.54, 1.807) is 0 Å². The standard InChI is InChI=1S/C12H21N3O/c1-2-4-13-6-12-7-14-15(9-12)8-11-3-5-16-10-11/h7,9,11,13H,2-6,8,10H2,1H3. The summed E-state index contributed by atoms with van der Waals surface area (Å²) in [6.07, 6.45) is 6.44. The van der Waals surface area contributed by atoms with Crippen LogP contribution in [0.2, 0.25) is 0 Å². The summed E-state index contributed by atoms with van der Waals surface area (Å²) in [5.74, 6) is 0.649. The van der Waals surface area contributed by atoms with E-state index in [1.165, 1.54) is 18.4 Å². The van der Waals surface area contributed by atoms with Crippen LogP contribution in [0, 0.1) is 5.92 Å². The predicted molar refractivity (Wildman–Crippen MR) is 63.2 cm³/mol. The summed E-state index contributed by atoms with van der Waals surface area (Å²) in [4.78, 5) is 0. The van der Waals surface area contributed by atoms with Crippen LogP contribution < -0.4 is 5.32 Å². The molecular formula is C12H21N3O. The molecule has 0 spiro atoms. The minimum atomic E-state index is 0.649. The molecule has 1 saturated heterocycles. The largest absolute Gasteiger partial charge is 0.381 e. The van der Waals surface area contributed by atoms with Gasteiger partial charge in [0.25, 0.3) is 0 Å². The van der Waals surface area contributed by atoms with Crippen molar-refractivity contribution in [1.29, 1.82) is 0 Å². The van der Waals surface area contributed by atoms with Crippen LogP contribution in [0.15, 0.2) is 12.4 Å². The van der Waals surface area contributed by atoms with Crippen molar-refractivity contribution in [3.8, 4) is 0 Å². The van der Waals surface area contributed by atoms with Gasteiger partial charge in [0.2, 0.25) is 0 Å². The summed E-state index contributed by atoms with van der Waals surface area (Å²) >= 11 is 0. The Hall–Kier alpha value is -0.870. The Morgan fingerprint density at radius 3 is 3.31 bits per heavy atom. The lowest BCUT2D eigenvalue weighted by atomic mass is 10.1. The molecule has 1 aromatic heterocycles. The average molecular weight is 223 g/mol. The zero-order valence-electron chi connectivity index (χ0n) is 9.98. The second-order valence-electron chi connectivity index (χ2n) is 4.48. The van der Waals surface area contributed by atoms with Gasteiger partial charge in [0.1, 0.15) is 0 Å². The highest BCUT2D eigenvalue weighted by Gasteiger charge is 2.16. The topological polar surface area (TPSA) is 39.1 Å². The summed E-state index contributed by atoms with van der Waals surface area (Å²) in [5.41, 5.74) is 1.27. The molecule has 90 valence electrons. The van der Waals surface area contributed by atoms with E-state index in [1.807, 2.05) is 10.9 Å². The Morgan fingerprint density at radius 2 is 2.56 bits per heavy atom. The third-order valence-electron chi connectivity index (χ3n) is 2.91. The first-order valence-electron chi connectivity index (χ1n) is 6.18. The number of rotatable bonds is 6. The highest BCUT2D eigenvalue weighted by molar-refractivity contribution is 5.03. The zero-order valence-corrected chi connectivity index (χ0v) is 9.98. The maximum Gasteiger partial charge on any atom is 0.0534 e. The Labute approximate surface area is 97.0 Å². The zero-order chi connectivity index (χ0) is 11.2. The van der Waals surface area contributed by atoms with Crippen molar-refractivity contribution in [3.05, 3.63) is 18.0 Å². The smallest absolute Gasteiger partial charge is 0.0534 e. The summed E-state index contributed by atoms with van der Waals surface area (Å²) in [6.45, 7) is 6.97. The quantitative estimate of drug-likeness (QED) is 0.741. The minimum absolute atomic E-state index is 0.649. The normalized spacial score (nSPS) is 20.4. The minimum Gasteiger partial charge on any atom is -0.381 e. The molecule has 1 atom stereocenters. The number of aromatic nitrogens is 2. The van der Waals surface area contributed by atoms with Gasteiger partial charge in [0.05, 0.1) is 12.8 Å². The number of nitrogens with zero attached hydrogens (tertiary/aromatic N) is 2. The van der Waals surface area contributed by atoms with Gasteiger partial charge < -0.3 is 10.1 Å². The molecular weight excluding hydrogens is 202 g/mol. The first kappa shape index (κ1) is 11.6. The van der Waals surface area contributed by atoms with Crippen LogP contribution in [-0.4, -0.2) is 29.5 Å². The van der Waals surface area contributed by atoms with E-state index in [2.05, 4.69) is 23.5 Å². The molecule has 1 unspecified atom stereocenters. The third-order valence-corrected chi connectivity index (χ3v) is 2.91. The monoisotopic (exact) mass is 223 g/mol. The first-order chi connectivity index (χ1) is 7.88. The van der Waals surface area contributed by atoms with Crippen molar-refractivity contribution < 1.29 is 4.74 Å². The van der Waals surface area contributed by atoms with Crippen LogP contribution in [0.4, 0.5) is 0 Å². The molecule has 0 aromatic carbocycles. The fourth-order valence-electron chi connectivity index (χ4n) is 2.00. The lowest BCUT2D eigenvalue weighted by Gasteiger charge is -2.06. The lowest BCUT2D eigenvalue weighted by Crippen LogP contribution is -2.13. The number of hydrogen-bond acceptors (Lipinski definition) is 3. The number of nitrogens with one attached hydrogen (secondary N) is 1. The molecule has 0 aliphatic carbocycles. The second kappa shape index (κ2) is 6.01. The van der Waals surface area contributed by atoms with Gasteiger partial charge >= 0.3 is 0 Å². The molecule has 0 amide bonds. The Bertz CT molecular complexity index is 305. The average Bonchev–Trinajstić information content (AvgIpc) is 2.91. The molecule has 1 fully saturated rings. The summed E-state index contributed by atoms with van der Waals surface area (Å²) in [6, 6.07) is 0. The molecule has 1 aliphatic rings. The lowest BCUT2D eigenvalue weighted by molar-refractivity contribution is 0.181. The van der Waals surface area contributed by atoms with Crippen molar-refractivity contribution in [2.24, 2.45) is 5.92 Å². The van der Waals surface area contributed by atoms with Gasteiger partial charge in [-0.15, -0.1) is 0 Å². The van der Waals surface area contributed by atoms with E-state index in [-0.39, 0.29) is 0 Å².